The molecule has 1 heterocycles. The molecule has 29 heavy (non-hydrogen) atoms. The molecule has 1 saturated heterocycles. The molecule has 0 aromatic carbocycles. The number of nitrogens with zero attached hydrogens (tertiary/aromatic N) is 1. The Morgan fingerprint density at radius 1 is 1.14 bits per heavy atom. The Hall–Kier alpha value is -2.73. The number of carbonyl (C=O) groups excluding carboxylic acids is 4. The number of aliphatic hydroxyl groups is 1. The van der Waals surface area contributed by atoms with Crippen LogP contribution in [0.5, 0.6) is 0 Å². The molecule has 0 aromatic heterocycles. The molecule has 0 saturated carbocycles. The van der Waals surface area contributed by atoms with Gasteiger partial charge in [0, 0.05) is 6.54 Å². The highest BCUT2D eigenvalue weighted by molar-refractivity contribution is 5.96. The summed E-state index contributed by atoms with van der Waals surface area (Å²) in [6.45, 7) is 2.80. The molecule has 164 valence electrons. The minimum atomic E-state index is -1.51. The molecule has 0 aliphatic carbocycles. The number of nitrogens with two attached hydrogens (primary N) is 2. The molecule has 1 aliphatic heterocycles. The van der Waals surface area contributed by atoms with E-state index in [1.54, 1.807) is 13.8 Å². The molecule has 12 nitrogen and oxygen atoms in total. The number of nitrogens with one attached hydrogen (secondary N) is 2. The summed E-state index contributed by atoms with van der Waals surface area (Å²) in [6.07, 6.45) is 0.246. The van der Waals surface area contributed by atoms with Gasteiger partial charge in [0.1, 0.15) is 18.1 Å². The molecule has 12 heteroatoms. The first kappa shape index (κ1) is 24.3. The van der Waals surface area contributed by atoms with E-state index in [-0.39, 0.29) is 18.9 Å². The molecular weight excluding hydrogens is 386 g/mol. The van der Waals surface area contributed by atoms with Crippen LogP contribution in [-0.2, 0) is 24.0 Å². The van der Waals surface area contributed by atoms with Gasteiger partial charge in [-0.25, -0.2) is 4.79 Å². The minimum absolute atomic E-state index is 0.176. The summed E-state index contributed by atoms with van der Waals surface area (Å²) in [7, 11) is 0. The highest BCUT2D eigenvalue weighted by Crippen LogP contribution is 2.19. The maximum absolute atomic E-state index is 12.9. The molecule has 8 N–H and O–H groups in total. The molecule has 1 rings (SSSR count). The van der Waals surface area contributed by atoms with Crippen molar-refractivity contribution in [2.45, 2.75) is 57.3 Å². The standard InChI is InChI=1S/C17H29N5O7/c1-8(2)13(19)15(26)20-9(6-12(18)24)16(27)22-5-3-4-11(22)14(25)21-10(7-23)17(28)29/h8-11,13,23H,3-7,19H2,1-2H3,(H2,18,24)(H,20,26)(H,21,25)(H,28,29). The van der Waals surface area contributed by atoms with Crippen LogP contribution in [0.4, 0.5) is 0 Å². The summed E-state index contributed by atoms with van der Waals surface area (Å²) >= 11 is 0. The van der Waals surface area contributed by atoms with E-state index < -0.39 is 66.8 Å². The number of likely N-dealkylation sites (tertiary alicyclic amines) is 1. The first-order valence-electron chi connectivity index (χ1n) is 9.28. The Kier molecular flexibility index (Phi) is 8.98. The molecule has 1 fully saturated rings. The fraction of sp³-hybridized carbons (Fsp3) is 0.706. The third kappa shape index (κ3) is 6.68. The second-order valence-electron chi connectivity index (χ2n) is 7.27. The van der Waals surface area contributed by atoms with Crippen molar-refractivity contribution < 1.29 is 34.2 Å². The molecule has 0 radical (unpaired) electrons. The second-order valence-corrected chi connectivity index (χ2v) is 7.27. The molecule has 0 bridgehead atoms. The maximum Gasteiger partial charge on any atom is 0.328 e. The summed E-state index contributed by atoms with van der Waals surface area (Å²) in [5, 5.41) is 22.6. The van der Waals surface area contributed by atoms with Gasteiger partial charge in [-0.2, -0.15) is 0 Å². The summed E-state index contributed by atoms with van der Waals surface area (Å²) in [5.74, 6) is -4.53. The van der Waals surface area contributed by atoms with Gasteiger partial charge in [0.05, 0.1) is 19.1 Å². The highest BCUT2D eigenvalue weighted by Gasteiger charge is 2.39. The van der Waals surface area contributed by atoms with E-state index in [0.29, 0.717) is 6.42 Å². The first-order valence-corrected chi connectivity index (χ1v) is 9.28. The fourth-order valence-electron chi connectivity index (χ4n) is 2.93. The molecule has 4 atom stereocenters. The average Bonchev–Trinajstić information content (AvgIpc) is 3.13. The number of carboxylic acid groups (broad SMARTS) is 1. The third-order valence-electron chi connectivity index (χ3n) is 4.68. The highest BCUT2D eigenvalue weighted by atomic mass is 16.4. The smallest absolute Gasteiger partial charge is 0.328 e. The Morgan fingerprint density at radius 3 is 2.24 bits per heavy atom. The van der Waals surface area contributed by atoms with Crippen molar-refractivity contribution in [2.75, 3.05) is 13.2 Å². The van der Waals surface area contributed by atoms with E-state index in [9.17, 15) is 24.0 Å². The van der Waals surface area contributed by atoms with Crippen molar-refractivity contribution in [3.05, 3.63) is 0 Å². The van der Waals surface area contributed by atoms with Gasteiger partial charge < -0.3 is 37.2 Å². The minimum Gasteiger partial charge on any atom is -0.480 e. The fourth-order valence-corrected chi connectivity index (χ4v) is 2.93. The van der Waals surface area contributed by atoms with Crippen LogP contribution < -0.4 is 22.1 Å². The zero-order chi connectivity index (χ0) is 22.3. The van der Waals surface area contributed by atoms with Gasteiger partial charge in [-0.3, -0.25) is 19.2 Å². The van der Waals surface area contributed by atoms with Crippen LogP contribution in [0, 0.1) is 5.92 Å². The van der Waals surface area contributed by atoms with Crippen molar-refractivity contribution in [3.63, 3.8) is 0 Å². The Balaban J connectivity index is 2.95. The van der Waals surface area contributed by atoms with E-state index in [0.717, 1.165) is 0 Å². The van der Waals surface area contributed by atoms with Gasteiger partial charge in [-0.1, -0.05) is 13.8 Å². The van der Waals surface area contributed by atoms with Crippen LogP contribution in [0.3, 0.4) is 0 Å². The Bertz CT molecular complexity index is 654. The van der Waals surface area contributed by atoms with Gasteiger partial charge in [-0.05, 0) is 18.8 Å². The van der Waals surface area contributed by atoms with Crippen molar-refractivity contribution in [1.82, 2.24) is 15.5 Å². The molecule has 0 aromatic rings. The van der Waals surface area contributed by atoms with Gasteiger partial charge in [0.2, 0.25) is 23.6 Å². The van der Waals surface area contributed by atoms with Crippen LogP contribution in [-0.4, -0.2) is 82.0 Å². The number of amides is 4. The van der Waals surface area contributed by atoms with Crippen LogP contribution in [0.1, 0.15) is 33.1 Å². The van der Waals surface area contributed by atoms with E-state index in [4.69, 9.17) is 21.7 Å². The first-order chi connectivity index (χ1) is 13.5. The lowest BCUT2D eigenvalue weighted by molar-refractivity contribution is -0.146. The molecule has 0 spiro atoms. The lowest BCUT2D eigenvalue weighted by Gasteiger charge is -2.29. The van der Waals surface area contributed by atoms with Crippen LogP contribution in [0.2, 0.25) is 0 Å². The largest absolute Gasteiger partial charge is 0.480 e. The number of aliphatic hydroxyl groups excluding tert-OH is 1. The lowest BCUT2D eigenvalue weighted by atomic mass is 10.0. The van der Waals surface area contributed by atoms with Gasteiger partial charge in [-0.15, -0.1) is 0 Å². The zero-order valence-electron chi connectivity index (χ0n) is 16.5. The molecule has 1 aliphatic rings. The summed E-state index contributed by atoms with van der Waals surface area (Å²) in [5.41, 5.74) is 11.0. The summed E-state index contributed by atoms with van der Waals surface area (Å²) in [6, 6.07) is -4.71. The van der Waals surface area contributed by atoms with E-state index >= 15 is 0 Å². The quantitative estimate of drug-likeness (QED) is 0.215. The van der Waals surface area contributed by atoms with Crippen molar-refractivity contribution >= 4 is 29.6 Å². The Labute approximate surface area is 168 Å². The topological polar surface area (TPSA) is 205 Å². The number of carbonyl (C=O) groups is 5. The van der Waals surface area contributed by atoms with E-state index in [1.807, 2.05) is 0 Å². The van der Waals surface area contributed by atoms with Gasteiger partial charge in [0.25, 0.3) is 0 Å². The van der Waals surface area contributed by atoms with E-state index in [1.165, 1.54) is 4.90 Å². The zero-order valence-corrected chi connectivity index (χ0v) is 16.5. The second kappa shape index (κ2) is 10.7. The summed E-state index contributed by atoms with van der Waals surface area (Å²) in [4.78, 5) is 61.1. The van der Waals surface area contributed by atoms with E-state index in [2.05, 4.69) is 10.6 Å². The monoisotopic (exact) mass is 415 g/mol. The van der Waals surface area contributed by atoms with Crippen LogP contribution in [0.25, 0.3) is 0 Å². The number of rotatable bonds is 10. The number of carboxylic acids is 1. The van der Waals surface area contributed by atoms with Gasteiger partial charge in [0.15, 0.2) is 0 Å². The predicted octanol–water partition coefficient (Wildman–Crippen LogP) is -3.12. The number of hydrogen-bond acceptors (Lipinski definition) is 7. The maximum atomic E-state index is 12.9. The number of hydrogen-bond donors (Lipinski definition) is 6. The SMILES string of the molecule is CC(C)C(N)C(=O)NC(CC(N)=O)C(=O)N1CCCC1C(=O)NC(CO)C(=O)O. The average molecular weight is 415 g/mol. The van der Waals surface area contributed by atoms with Crippen molar-refractivity contribution in [2.24, 2.45) is 17.4 Å². The van der Waals surface area contributed by atoms with Crippen molar-refractivity contribution in [1.29, 1.82) is 0 Å². The predicted molar refractivity (Wildman–Crippen MR) is 99.9 cm³/mol. The third-order valence-corrected chi connectivity index (χ3v) is 4.68. The Morgan fingerprint density at radius 2 is 1.76 bits per heavy atom. The molecule has 4 amide bonds. The van der Waals surface area contributed by atoms with Crippen molar-refractivity contribution in [3.8, 4) is 0 Å². The molecule has 4 unspecified atom stereocenters. The lowest BCUT2D eigenvalue weighted by Crippen LogP contribution is -2.58. The van der Waals surface area contributed by atoms with Gasteiger partial charge >= 0.3 is 5.97 Å². The number of aliphatic carboxylic acids is 1. The molecular formula is C17H29N5O7. The van der Waals surface area contributed by atoms with Crippen LogP contribution in [0.15, 0.2) is 0 Å². The normalized spacial score (nSPS) is 19.3. The number of primary amides is 1. The van der Waals surface area contributed by atoms with Crippen LogP contribution >= 0.6 is 0 Å². The summed E-state index contributed by atoms with van der Waals surface area (Å²) < 4.78 is 0.